The number of aryl methyl sites for hydroxylation is 1. The van der Waals surface area contributed by atoms with Gasteiger partial charge in [0.15, 0.2) is 0 Å². The van der Waals surface area contributed by atoms with Crippen LogP contribution in [0, 0.1) is 0 Å². The molecule has 102 valence electrons. The highest BCUT2D eigenvalue weighted by molar-refractivity contribution is 7.89. The van der Waals surface area contributed by atoms with Gasteiger partial charge in [0.2, 0.25) is 10.0 Å². The smallest absolute Gasteiger partial charge is 0.244 e. The molecule has 1 aliphatic carbocycles. The van der Waals surface area contributed by atoms with Crippen molar-refractivity contribution in [1.29, 1.82) is 0 Å². The van der Waals surface area contributed by atoms with Crippen LogP contribution in [0.2, 0.25) is 0 Å². The second-order valence-corrected chi connectivity index (χ2v) is 6.64. The van der Waals surface area contributed by atoms with Crippen LogP contribution in [0.15, 0.2) is 17.2 Å². The Balaban J connectivity index is 2.31. The number of nitrogens with zero attached hydrogens (tertiary/aromatic N) is 2. The first-order chi connectivity index (χ1) is 8.50. The van der Waals surface area contributed by atoms with Gasteiger partial charge in [-0.15, -0.1) is 0 Å². The summed E-state index contributed by atoms with van der Waals surface area (Å²) in [5.74, 6) is 0. The molecule has 1 aliphatic rings. The number of hydrogen-bond acceptors (Lipinski definition) is 3. The molecule has 1 heterocycles. The van der Waals surface area contributed by atoms with Crippen LogP contribution < -0.4 is 5.32 Å². The lowest BCUT2D eigenvalue weighted by molar-refractivity contribution is 0.421. The highest BCUT2D eigenvalue weighted by Gasteiger charge is 2.37. The van der Waals surface area contributed by atoms with Crippen LogP contribution in [0.4, 0.5) is 0 Å². The van der Waals surface area contributed by atoms with Crippen LogP contribution in [0.1, 0.15) is 25.5 Å². The third-order valence-electron chi connectivity index (χ3n) is 3.31. The molecule has 1 aromatic rings. The van der Waals surface area contributed by atoms with Crippen molar-refractivity contribution in [3.05, 3.63) is 18.0 Å². The molecule has 1 saturated carbocycles. The first-order valence-electron chi connectivity index (χ1n) is 6.32. The van der Waals surface area contributed by atoms with Gasteiger partial charge in [0.25, 0.3) is 0 Å². The molecular weight excluding hydrogens is 250 g/mol. The van der Waals surface area contributed by atoms with Gasteiger partial charge in [-0.1, -0.05) is 6.92 Å². The standard InChI is InChI=1S/C12H21N3O2S/c1-4-15(10-5-6-10)18(16,17)12-7-11(8-13-2)14(3)9-12/h7,9-10,13H,4-6,8H2,1-3H3. The van der Waals surface area contributed by atoms with Crippen molar-refractivity contribution in [3.8, 4) is 0 Å². The predicted molar refractivity (Wildman–Crippen MR) is 70.8 cm³/mol. The molecule has 0 spiro atoms. The fourth-order valence-electron chi connectivity index (χ4n) is 2.20. The molecule has 1 aromatic heterocycles. The van der Waals surface area contributed by atoms with Crippen LogP contribution in [-0.2, 0) is 23.6 Å². The van der Waals surface area contributed by atoms with Crippen LogP contribution in [-0.4, -0.2) is 36.9 Å². The van der Waals surface area contributed by atoms with Gasteiger partial charge in [-0.3, -0.25) is 0 Å². The Morgan fingerprint density at radius 2 is 2.17 bits per heavy atom. The van der Waals surface area contributed by atoms with E-state index in [0.29, 0.717) is 18.0 Å². The van der Waals surface area contributed by atoms with E-state index in [1.165, 1.54) is 0 Å². The summed E-state index contributed by atoms with van der Waals surface area (Å²) in [5, 5.41) is 3.04. The first-order valence-corrected chi connectivity index (χ1v) is 7.76. The lowest BCUT2D eigenvalue weighted by Gasteiger charge is -2.18. The maximum absolute atomic E-state index is 12.5. The number of hydrogen-bond donors (Lipinski definition) is 1. The van der Waals surface area contributed by atoms with Gasteiger partial charge in [0.1, 0.15) is 4.90 Å². The van der Waals surface area contributed by atoms with Gasteiger partial charge >= 0.3 is 0 Å². The van der Waals surface area contributed by atoms with Crippen molar-refractivity contribution >= 4 is 10.0 Å². The Kier molecular flexibility index (Phi) is 3.79. The minimum absolute atomic E-state index is 0.216. The van der Waals surface area contributed by atoms with Gasteiger partial charge < -0.3 is 9.88 Å². The molecular formula is C12H21N3O2S. The monoisotopic (exact) mass is 271 g/mol. The van der Waals surface area contributed by atoms with E-state index in [1.54, 1.807) is 16.6 Å². The summed E-state index contributed by atoms with van der Waals surface area (Å²) < 4.78 is 28.5. The Labute approximate surface area is 109 Å². The number of sulfonamides is 1. The summed E-state index contributed by atoms with van der Waals surface area (Å²) in [6.07, 6.45) is 3.68. The summed E-state index contributed by atoms with van der Waals surface area (Å²) >= 11 is 0. The van der Waals surface area contributed by atoms with E-state index in [0.717, 1.165) is 18.5 Å². The summed E-state index contributed by atoms with van der Waals surface area (Å²) in [5.41, 5.74) is 0.975. The summed E-state index contributed by atoms with van der Waals surface area (Å²) in [7, 11) is 0.402. The van der Waals surface area contributed by atoms with E-state index in [1.807, 2.05) is 25.6 Å². The molecule has 0 radical (unpaired) electrons. The third-order valence-corrected chi connectivity index (χ3v) is 5.31. The van der Waals surface area contributed by atoms with Gasteiger partial charge in [-0.25, -0.2) is 8.42 Å². The van der Waals surface area contributed by atoms with E-state index >= 15 is 0 Å². The van der Waals surface area contributed by atoms with Crippen molar-refractivity contribution in [2.45, 2.75) is 37.2 Å². The fourth-order valence-corrected chi connectivity index (χ4v) is 3.99. The van der Waals surface area contributed by atoms with E-state index in [9.17, 15) is 8.42 Å². The Morgan fingerprint density at radius 1 is 1.50 bits per heavy atom. The molecule has 0 unspecified atom stereocenters. The zero-order chi connectivity index (χ0) is 13.3. The molecule has 0 aromatic carbocycles. The molecule has 1 fully saturated rings. The lowest BCUT2D eigenvalue weighted by atomic mass is 10.4. The summed E-state index contributed by atoms with van der Waals surface area (Å²) in [4.78, 5) is 0.406. The van der Waals surface area contributed by atoms with Crippen LogP contribution in [0.25, 0.3) is 0 Å². The number of nitrogens with one attached hydrogen (secondary N) is 1. The van der Waals surface area contributed by atoms with Crippen molar-refractivity contribution in [1.82, 2.24) is 14.2 Å². The first kappa shape index (κ1) is 13.6. The molecule has 0 amide bonds. The molecule has 18 heavy (non-hydrogen) atoms. The molecule has 0 saturated heterocycles. The van der Waals surface area contributed by atoms with Crippen molar-refractivity contribution in [3.63, 3.8) is 0 Å². The minimum atomic E-state index is -3.32. The van der Waals surface area contributed by atoms with Crippen LogP contribution in [0.5, 0.6) is 0 Å². The molecule has 6 heteroatoms. The maximum atomic E-state index is 12.5. The van der Waals surface area contributed by atoms with Gasteiger partial charge in [-0.05, 0) is 26.0 Å². The second kappa shape index (κ2) is 5.03. The number of rotatable bonds is 6. The Bertz CT molecular complexity index is 517. The van der Waals surface area contributed by atoms with Gasteiger partial charge in [0, 0.05) is 38.1 Å². The highest BCUT2D eigenvalue weighted by atomic mass is 32.2. The van der Waals surface area contributed by atoms with E-state index < -0.39 is 10.0 Å². The largest absolute Gasteiger partial charge is 0.352 e. The average molecular weight is 271 g/mol. The Hall–Kier alpha value is -0.850. The predicted octanol–water partition coefficient (Wildman–Crippen LogP) is 0.917. The van der Waals surface area contributed by atoms with E-state index in [-0.39, 0.29) is 6.04 Å². The van der Waals surface area contributed by atoms with E-state index in [2.05, 4.69) is 5.32 Å². The van der Waals surface area contributed by atoms with Crippen LogP contribution in [0.3, 0.4) is 0 Å². The van der Waals surface area contributed by atoms with Gasteiger partial charge in [0.05, 0.1) is 0 Å². The average Bonchev–Trinajstić information content (AvgIpc) is 3.05. The molecule has 0 atom stereocenters. The van der Waals surface area contributed by atoms with Crippen molar-refractivity contribution in [2.24, 2.45) is 7.05 Å². The maximum Gasteiger partial charge on any atom is 0.244 e. The molecule has 0 aliphatic heterocycles. The third kappa shape index (κ3) is 2.46. The SMILES string of the molecule is CCN(C1CC1)S(=O)(=O)c1cc(CNC)n(C)c1. The summed E-state index contributed by atoms with van der Waals surface area (Å²) in [6, 6.07) is 1.98. The quantitative estimate of drug-likeness (QED) is 0.837. The van der Waals surface area contributed by atoms with Gasteiger partial charge in [-0.2, -0.15) is 4.31 Å². The summed E-state index contributed by atoms with van der Waals surface area (Å²) in [6.45, 7) is 3.11. The Morgan fingerprint density at radius 3 is 2.67 bits per heavy atom. The lowest BCUT2D eigenvalue weighted by Crippen LogP contribution is -2.32. The minimum Gasteiger partial charge on any atom is -0.352 e. The molecule has 0 bridgehead atoms. The number of aromatic nitrogens is 1. The second-order valence-electron chi connectivity index (χ2n) is 4.75. The van der Waals surface area contributed by atoms with Crippen LogP contribution >= 0.6 is 0 Å². The van der Waals surface area contributed by atoms with Crippen molar-refractivity contribution < 1.29 is 8.42 Å². The zero-order valence-electron chi connectivity index (χ0n) is 11.2. The zero-order valence-corrected chi connectivity index (χ0v) is 12.0. The molecule has 2 rings (SSSR count). The van der Waals surface area contributed by atoms with Crippen molar-refractivity contribution in [2.75, 3.05) is 13.6 Å². The molecule has 5 nitrogen and oxygen atoms in total. The normalized spacial score (nSPS) is 16.4. The molecule has 1 N–H and O–H groups in total. The topological polar surface area (TPSA) is 54.3 Å². The highest BCUT2D eigenvalue weighted by Crippen LogP contribution is 2.32. The van der Waals surface area contributed by atoms with E-state index in [4.69, 9.17) is 0 Å². The fraction of sp³-hybridized carbons (Fsp3) is 0.667.